The number of anilines is 1. The Hall–Kier alpha value is -3.21. The molecule has 4 aliphatic rings. The highest BCUT2D eigenvalue weighted by molar-refractivity contribution is 7.91. The number of hydrogen-bond donors (Lipinski definition) is 1. The Balaban J connectivity index is 1.16. The molecule has 3 aromatic rings. The van der Waals surface area contributed by atoms with Gasteiger partial charge in [-0.15, -0.1) is 0 Å². The lowest BCUT2D eigenvalue weighted by Gasteiger charge is -2.48. The summed E-state index contributed by atoms with van der Waals surface area (Å²) >= 11 is 6.42. The molecule has 1 aromatic heterocycles. The first-order valence-corrected chi connectivity index (χ1v) is 18.7. The number of carboxylic acids is 1. The highest BCUT2D eigenvalue weighted by Gasteiger charge is 2.47. The molecular weight excluding hydrogens is 638 g/mol. The topological polar surface area (TPSA) is 119 Å². The number of nitrogens with zero attached hydrogens (tertiary/aromatic N) is 3. The molecule has 2 heterocycles. The second-order valence-electron chi connectivity index (χ2n) is 13.9. The van der Waals surface area contributed by atoms with Gasteiger partial charge in [-0.2, -0.15) is 0 Å². The maximum Gasteiger partial charge on any atom is 0.335 e. The smallest absolute Gasteiger partial charge is 0.335 e. The summed E-state index contributed by atoms with van der Waals surface area (Å²) in [5, 5.41) is 10.0. The Kier molecular flexibility index (Phi) is 8.95. The van der Waals surface area contributed by atoms with E-state index in [-0.39, 0.29) is 34.1 Å². The van der Waals surface area contributed by atoms with Crippen molar-refractivity contribution in [2.75, 3.05) is 31.7 Å². The predicted octanol–water partition coefficient (Wildman–Crippen LogP) is 6.38. The van der Waals surface area contributed by atoms with Gasteiger partial charge in [-0.3, -0.25) is 0 Å². The van der Waals surface area contributed by atoms with Gasteiger partial charge in [0.15, 0.2) is 0 Å². The SMILES string of the molecule is COC([C@@H]1CCC[C@@H](S(=O)(=O)c2ncccn2)C1)[C@@H]1CC[C@H]1CN1CC2(CCCc3cc(Cl)ccc32)COc2ccc(C(=O)O)cc21. The van der Waals surface area contributed by atoms with Gasteiger partial charge in [0.1, 0.15) is 5.75 Å². The zero-order chi connectivity index (χ0) is 32.8. The number of carbonyl (C=O) groups is 1. The van der Waals surface area contributed by atoms with Crippen molar-refractivity contribution in [2.45, 2.75) is 79.7 Å². The van der Waals surface area contributed by atoms with Gasteiger partial charge >= 0.3 is 5.97 Å². The number of ether oxygens (including phenoxy) is 2. The molecule has 0 amide bonds. The average Bonchev–Trinajstić information content (AvgIpc) is 3.22. The number of rotatable bonds is 8. The van der Waals surface area contributed by atoms with Crippen molar-refractivity contribution in [1.29, 1.82) is 0 Å². The third kappa shape index (κ3) is 6.13. The number of methoxy groups -OCH3 is 1. The van der Waals surface area contributed by atoms with E-state index in [9.17, 15) is 18.3 Å². The number of benzene rings is 2. The fraction of sp³-hybridized carbons (Fsp3) is 0.528. The number of aromatic carboxylic acids is 1. The van der Waals surface area contributed by atoms with Crippen molar-refractivity contribution < 1.29 is 27.8 Å². The van der Waals surface area contributed by atoms with Crippen LogP contribution in [0.15, 0.2) is 60.0 Å². The average molecular weight is 680 g/mol. The first-order valence-electron chi connectivity index (χ1n) is 16.8. The number of halogens is 1. The predicted molar refractivity (Wildman–Crippen MR) is 179 cm³/mol. The Morgan fingerprint density at radius 1 is 1.13 bits per heavy atom. The van der Waals surface area contributed by atoms with Gasteiger partial charge in [0.2, 0.25) is 15.0 Å². The molecule has 1 N–H and O–H groups in total. The van der Waals surface area contributed by atoms with Gasteiger partial charge in [0, 0.05) is 43.0 Å². The molecule has 47 heavy (non-hydrogen) atoms. The zero-order valence-electron chi connectivity index (χ0n) is 26.7. The Labute approximate surface area is 281 Å². The molecule has 1 spiro atoms. The molecule has 1 aliphatic heterocycles. The molecule has 9 nitrogen and oxygen atoms in total. The number of carboxylic acid groups (broad SMARTS) is 1. The summed E-state index contributed by atoms with van der Waals surface area (Å²) in [6.07, 6.45) is 10.8. The molecule has 0 saturated heterocycles. The number of aryl methyl sites for hydroxylation is 1. The van der Waals surface area contributed by atoms with Crippen LogP contribution in [-0.2, 0) is 26.4 Å². The summed E-state index contributed by atoms with van der Waals surface area (Å²) in [6.45, 7) is 1.95. The third-order valence-corrected chi connectivity index (χ3v) is 13.5. The molecule has 7 rings (SSSR count). The van der Waals surface area contributed by atoms with E-state index in [0.29, 0.717) is 37.7 Å². The van der Waals surface area contributed by atoms with Crippen LogP contribution >= 0.6 is 11.6 Å². The van der Waals surface area contributed by atoms with Gasteiger partial charge in [0.25, 0.3) is 0 Å². The quantitative estimate of drug-likeness (QED) is 0.271. The Bertz CT molecular complexity index is 1740. The third-order valence-electron chi connectivity index (χ3n) is 11.3. The monoisotopic (exact) mass is 679 g/mol. The molecule has 0 radical (unpaired) electrons. The first kappa shape index (κ1) is 32.3. The zero-order valence-corrected chi connectivity index (χ0v) is 28.3. The minimum absolute atomic E-state index is 0.0667. The summed E-state index contributed by atoms with van der Waals surface area (Å²) in [7, 11) is -1.88. The van der Waals surface area contributed by atoms with E-state index in [0.717, 1.165) is 62.2 Å². The summed E-state index contributed by atoms with van der Waals surface area (Å²) in [4.78, 5) is 22.6. The highest BCUT2D eigenvalue weighted by Crippen LogP contribution is 2.48. The van der Waals surface area contributed by atoms with Crippen LogP contribution in [0.4, 0.5) is 5.69 Å². The summed E-state index contributed by atoms with van der Waals surface area (Å²) in [6, 6.07) is 13.0. The molecule has 250 valence electrons. The second kappa shape index (κ2) is 13.0. The van der Waals surface area contributed by atoms with Crippen LogP contribution in [0.2, 0.25) is 5.02 Å². The fourth-order valence-electron chi connectivity index (χ4n) is 8.84. The molecule has 6 atom stereocenters. The minimum Gasteiger partial charge on any atom is -0.490 e. The molecular formula is C36H42ClN3O6S. The van der Waals surface area contributed by atoms with E-state index >= 15 is 0 Å². The van der Waals surface area contributed by atoms with Crippen LogP contribution in [0.3, 0.4) is 0 Å². The van der Waals surface area contributed by atoms with E-state index in [4.69, 9.17) is 21.1 Å². The maximum absolute atomic E-state index is 13.5. The van der Waals surface area contributed by atoms with Crippen molar-refractivity contribution in [3.63, 3.8) is 0 Å². The van der Waals surface area contributed by atoms with Crippen LogP contribution in [0.1, 0.15) is 72.9 Å². The lowest BCUT2D eigenvalue weighted by molar-refractivity contribution is -0.0589. The van der Waals surface area contributed by atoms with Crippen LogP contribution in [0.25, 0.3) is 0 Å². The second-order valence-corrected chi connectivity index (χ2v) is 16.5. The molecule has 2 fully saturated rings. The maximum atomic E-state index is 13.5. The van der Waals surface area contributed by atoms with Gasteiger partial charge in [-0.05, 0) is 117 Å². The minimum atomic E-state index is -3.64. The molecule has 0 bridgehead atoms. The van der Waals surface area contributed by atoms with Gasteiger partial charge < -0.3 is 19.5 Å². The summed E-state index contributed by atoms with van der Waals surface area (Å²) < 4.78 is 39.7. The van der Waals surface area contributed by atoms with E-state index in [2.05, 4.69) is 27.0 Å². The van der Waals surface area contributed by atoms with Crippen molar-refractivity contribution in [3.05, 3.63) is 76.6 Å². The number of hydrogen-bond acceptors (Lipinski definition) is 8. The van der Waals surface area contributed by atoms with Gasteiger partial charge in [-0.25, -0.2) is 23.2 Å². The molecule has 2 saturated carbocycles. The molecule has 3 aliphatic carbocycles. The summed E-state index contributed by atoms with van der Waals surface area (Å²) in [5.74, 6) is 0.426. The fourth-order valence-corrected chi connectivity index (χ4v) is 10.7. The number of aromatic nitrogens is 2. The van der Waals surface area contributed by atoms with Crippen LogP contribution < -0.4 is 9.64 Å². The van der Waals surface area contributed by atoms with Crippen LogP contribution in [-0.4, -0.2) is 67.6 Å². The number of sulfone groups is 1. The lowest BCUT2D eigenvalue weighted by atomic mass is 9.65. The molecule has 2 unspecified atom stereocenters. The number of fused-ring (bicyclic) bond motifs is 3. The standard InChI is InChI=1S/C36H42ClN3O6S/c1-45-33(24-5-2-7-28(18-24)47(43,44)35-38-15-4-16-39-35)29-11-8-26(29)20-40-21-36(14-3-6-23-17-27(37)10-12-30(23)36)22-46-32-13-9-25(34(41)42)19-31(32)40/h4,9-10,12-13,15-17,19,24,26,28-29,33H,2-3,5-8,11,14,18,20-22H2,1H3,(H,41,42)/t24-,26+,28-,29-,33?,36?/m1/s1. The van der Waals surface area contributed by atoms with Crippen molar-refractivity contribution in [3.8, 4) is 5.75 Å². The van der Waals surface area contributed by atoms with E-state index in [1.165, 1.54) is 23.5 Å². The van der Waals surface area contributed by atoms with E-state index in [1.54, 1.807) is 31.4 Å². The van der Waals surface area contributed by atoms with E-state index < -0.39 is 21.1 Å². The van der Waals surface area contributed by atoms with Gasteiger partial charge in [0.05, 0.1) is 29.2 Å². The first-order chi connectivity index (χ1) is 22.7. The highest BCUT2D eigenvalue weighted by atomic mass is 35.5. The van der Waals surface area contributed by atoms with Crippen LogP contribution in [0, 0.1) is 17.8 Å². The van der Waals surface area contributed by atoms with Gasteiger partial charge in [-0.1, -0.05) is 24.1 Å². The van der Waals surface area contributed by atoms with Crippen molar-refractivity contribution in [2.24, 2.45) is 17.8 Å². The summed E-state index contributed by atoms with van der Waals surface area (Å²) in [5.41, 5.74) is 3.31. The lowest BCUT2D eigenvalue weighted by Crippen LogP contribution is -2.51. The normalized spacial score (nSPS) is 27.9. The van der Waals surface area contributed by atoms with E-state index in [1.807, 2.05) is 6.07 Å². The van der Waals surface area contributed by atoms with Crippen molar-refractivity contribution >= 4 is 33.1 Å². The molecule has 11 heteroatoms. The van der Waals surface area contributed by atoms with Crippen molar-refractivity contribution in [1.82, 2.24) is 9.97 Å². The molecule has 2 aromatic carbocycles. The Morgan fingerprint density at radius 2 is 1.96 bits per heavy atom. The largest absolute Gasteiger partial charge is 0.490 e. The van der Waals surface area contributed by atoms with Crippen LogP contribution in [0.5, 0.6) is 5.75 Å². The Morgan fingerprint density at radius 3 is 2.70 bits per heavy atom.